The van der Waals surface area contributed by atoms with Gasteiger partial charge >= 0.3 is 0 Å². The summed E-state index contributed by atoms with van der Waals surface area (Å²) >= 11 is 0. The van der Waals surface area contributed by atoms with Gasteiger partial charge in [-0.1, -0.05) is 25.7 Å². The van der Waals surface area contributed by atoms with Crippen LogP contribution in [0.4, 0.5) is 0 Å². The zero-order chi connectivity index (χ0) is 9.97. The standard InChI is InChI=1S/C12H21NO/c13-11-4-2-1-3-10(11)12(14)8-7-9-5-6-9/h9-11H,1-8,13H2. The van der Waals surface area contributed by atoms with Gasteiger partial charge in [0.2, 0.25) is 0 Å². The quantitative estimate of drug-likeness (QED) is 0.747. The topological polar surface area (TPSA) is 43.1 Å². The van der Waals surface area contributed by atoms with Crippen molar-refractivity contribution in [1.82, 2.24) is 0 Å². The molecule has 2 heteroatoms. The van der Waals surface area contributed by atoms with Crippen LogP contribution in [0.3, 0.4) is 0 Å². The average molecular weight is 195 g/mol. The van der Waals surface area contributed by atoms with Crippen LogP contribution >= 0.6 is 0 Å². The predicted molar refractivity (Wildman–Crippen MR) is 56.9 cm³/mol. The Morgan fingerprint density at radius 1 is 1.14 bits per heavy atom. The van der Waals surface area contributed by atoms with E-state index in [-0.39, 0.29) is 12.0 Å². The number of hydrogen-bond donors (Lipinski definition) is 1. The molecule has 2 aliphatic carbocycles. The molecule has 0 heterocycles. The summed E-state index contributed by atoms with van der Waals surface area (Å²) in [5, 5.41) is 0. The molecule has 2 nitrogen and oxygen atoms in total. The smallest absolute Gasteiger partial charge is 0.137 e. The Hall–Kier alpha value is -0.370. The lowest BCUT2D eigenvalue weighted by Crippen LogP contribution is -2.38. The fourth-order valence-electron chi connectivity index (χ4n) is 2.50. The summed E-state index contributed by atoms with van der Waals surface area (Å²) < 4.78 is 0. The second-order valence-electron chi connectivity index (χ2n) is 5.00. The summed E-state index contributed by atoms with van der Waals surface area (Å²) in [7, 11) is 0. The highest BCUT2D eigenvalue weighted by atomic mass is 16.1. The summed E-state index contributed by atoms with van der Waals surface area (Å²) in [5.41, 5.74) is 5.98. The van der Waals surface area contributed by atoms with Gasteiger partial charge < -0.3 is 5.73 Å². The van der Waals surface area contributed by atoms with Crippen LogP contribution in [-0.4, -0.2) is 11.8 Å². The molecular formula is C12H21NO. The monoisotopic (exact) mass is 195 g/mol. The van der Waals surface area contributed by atoms with Crippen molar-refractivity contribution in [2.24, 2.45) is 17.6 Å². The van der Waals surface area contributed by atoms with Gasteiger partial charge in [-0.3, -0.25) is 4.79 Å². The molecule has 80 valence electrons. The fraction of sp³-hybridized carbons (Fsp3) is 0.917. The minimum absolute atomic E-state index is 0.162. The van der Waals surface area contributed by atoms with E-state index in [2.05, 4.69) is 0 Å². The van der Waals surface area contributed by atoms with Crippen molar-refractivity contribution in [3.05, 3.63) is 0 Å². The Bertz CT molecular complexity index is 210. The molecule has 0 aromatic heterocycles. The Balaban J connectivity index is 1.76. The van der Waals surface area contributed by atoms with Gasteiger partial charge in [0, 0.05) is 18.4 Å². The van der Waals surface area contributed by atoms with Crippen LogP contribution in [0, 0.1) is 11.8 Å². The first-order chi connectivity index (χ1) is 6.77. The lowest BCUT2D eigenvalue weighted by molar-refractivity contribution is -0.124. The van der Waals surface area contributed by atoms with Gasteiger partial charge in [0.05, 0.1) is 0 Å². The summed E-state index contributed by atoms with van der Waals surface area (Å²) in [5.74, 6) is 1.52. The minimum Gasteiger partial charge on any atom is -0.327 e. The van der Waals surface area contributed by atoms with E-state index in [0.29, 0.717) is 5.78 Å². The molecule has 0 radical (unpaired) electrons. The third-order valence-electron chi connectivity index (χ3n) is 3.73. The van der Waals surface area contributed by atoms with Gasteiger partial charge in [-0.2, -0.15) is 0 Å². The Morgan fingerprint density at radius 2 is 1.86 bits per heavy atom. The number of carbonyl (C=O) groups excluding carboxylic acids is 1. The third-order valence-corrected chi connectivity index (χ3v) is 3.73. The van der Waals surface area contributed by atoms with Crippen LogP contribution < -0.4 is 5.73 Å². The highest BCUT2D eigenvalue weighted by Crippen LogP contribution is 2.34. The molecule has 2 unspecified atom stereocenters. The summed E-state index contributed by atoms with van der Waals surface area (Å²) in [6, 6.07) is 0.162. The predicted octanol–water partition coefficient (Wildman–Crippen LogP) is 2.26. The van der Waals surface area contributed by atoms with Crippen LogP contribution in [0.1, 0.15) is 51.4 Å². The maximum absolute atomic E-state index is 11.9. The molecular weight excluding hydrogens is 174 g/mol. The molecule has 0 bridgehead atoms. The van der Waals surface area contributed by atoms with Gasteiger partial charge in [-0.15, -0.1) is 0 Å². The first kappa shape index (κ1) is 10.2. The average Bonchev–Trinajstić information content (AvgIpc) is 2.98. The zero-order valence-corrected chi connectivity index (χ0v) is 8.87. The number of ketones is 1. The van der Waals surface area contributed by atoms with E-state index in [1.807, 2.05) is 0 Å². The summed E-state index contributed by atoms with van der Waals surface area (Å²) in [6.45, 7) is 0. The number of nitrogens with two attached hydrogens (primary N) is 1. The van der Waals surface area contributed by atoms with Crippen LogP contribution in [0.5, 0.6) is 0 Å². The Kier molecular flexibility index (Phi) is 3.22. The van der Waals surface area contributed by atoms with Crippen LogP contribution in [0.2, 0.25) is 0 Å². The molecule has 0 spiro atoms. The first-order valence-corrected chi connectivity index (χ1v) is 6.05. The molecule has 2 atom stereocenters. The molecule has 0 aromatic rings. The third kappa shape index (κ3) is 2.57. The molecule has 2 saturated carbocycles. The number of Topliss-reactive ketones (excluding diaryl/α,β-unsaturated/α-hetero) is 1. The second kappa shape index (κ2) is 4.43. The van der Waals surface area contributed by atoms with Crippen molar-refractivity contribution in [2.75, 3.05) is 0 Å². The van der Waals surface area contributed by atoms with Gasteiger partial charge in [0.25, 0.3) is 0 Å². The molecule has 0 aliphatic heterocycles. The van der Waals surface area contributed by atoms with Crippen LogP contribution in [0.25, 0.3) is 0 Å². The molecule has 0 amide bonds. The number of carbonyl (C=O) groups is 1. The minimum atomic E-state index is 0.162. The first-order valence-electron chi connectivity index (χ1n) is 6.05. The van der Waals surface area contributed by atoms with Crippen molar-refractivity contribution in [2.45, 2.75) is 57.4 Å². The van der Waals surface area contributed by atoms with E-state index in [1.165, 1.54) is 25.7 Å². The second-order valence-corrected chi connectivity index (χ2v) is 5.00. The fourth-order valence-corrected chi connectivity index (χ4v) is 2.50. The van der Waals surface area contributed by atoms with Crippen LogP contribution in [-0.2, 0) is 4.79 Å². The van der Waals surface area contributed by atoms with Gasteiger partial charge in [-0.05, 0) is 25.2 Å². The lowest BCUT2D eigenvalue weighted by atomic mass is 9.81. The molecule has 0 aromatic carbocycles. The zero-order valence-electron chi connectivity index (χ0n) is 8.87. The van der Waals surface area contributed by atoms with E-state index >= 15 is 0 Å². The maximum atomic E-state index is 11.9. The summed E-state index contributed by atoms with van der Waals surface area (Å²) in [6.07, 6.45) is 9.14. The highest BCUT2D eigenvalue weighted by molar-refractivity contribution is 5.81. The Morgan fingerprint density at radius 3 is 2.50 bits per heavy atom. The molecule has 2 rings (SSSR count). The van der Waals surface area contributed by atoms with E-state index < -0.39 is 0 Å². The lowest BCUT2D eigenvalue weighted by Gasteiger charge is -2.27. The molecule has 2 fully saturated rings. The molecule has 14 heavy (non-hydrogen) atoms. The number of hydrogen-bond acceptors (Lipinski definition) is 2. The van der Waals surface area contributed by atoms with E-state index in [9.17, 15) is 4.79 Å². The largest absolute Gasteiger partial charge is 0.327 e. The molecule has 2 aliphatic rings. The van der Waals surface area contributed by atoms with Gasteiger partial charge in [0.1, 0.15) is 5.78 Å². The van der Waals surface area contributed by atoms with Crippen LogP contribution in [0.15, 0.2) is 0 Å². The number of rotatable bonds is 4. The summed E-state index contributed by atoms with van der Waals surface area (Å²) in [4.78, 5) is 11.9. The van der Waals surface area contributed by atoms with E-state index in [0.717, 1.165) is 31.6 Å². The van der Waals surface area contributed by atoms with Crippen molar-refractivity contribution < 1.29 is 4.79 Å². The van der Waals surface area contributed by atoms with Gasteiger partial charge in [-0.25, -0.2) is 0 Å². The molecule has 2 N–H and O–H groups in total. The van der Waals surface area contributed by atoms with Crippen molar-refractivity contribution in [3.63, 3.8) is 0 Å². The SMILES string of the molecule is NC1CCCCC1C(=O)CCC1CC1. The van der Waals surface area contributed by atoms with Crippen molar-refractivity contribution in [1.29, 1.82) is 0 Å². The highest BCUT2D eigenvalue weighted by Gasteiger charge is 2.29. The van der Waals surface area contributed by atoms with Crippen molar-refractivity contribution in [3.8, 4) is 0 Å². The van der Waals surface area contributed by atoms with E-state index in [1.54, 1.807) is 0 Å². The Labute approximate surface area is 86.2 Å². The van der Waals surface area contributed by atoms with E-state index in [4.69, 9.17) is 5.73 Å². The van der Waals surface area contributed by atoms with Gasteiger partial charge in [0.15, 0.2) is 0 Å². The van der Waals surface area contributed by atoms with Crippen molar-refractivity contribution >= 4 is 5.78 Å². The maximum Gasteiger partial charge on any atom is 0.137 e. The normalized spacial score (nSPS) is 32.9. The molecule has 0 saturated heterocycles.